The lowest BCUT2D eigenvalue weighted by Gasteiger charge is -2.12. The minimum absolute atomic E-state index is 0.164. The molecule has 3 aromatic carbocycles. The van der Waals surface area contributed by atoms with Crippen molar-refractivity contribution in [1.82, 2.24) is 5.32 Å². The molecule has 4 rings (SSSR count). The summed E-state index contributed by atoms with van der Waals surface area (Å²) in [5.74, 6) is -0.451. The molecular weight excluding hydrogens is 371 g/mol. The molecule has 0 unspecified atom stereocenters. The number of rotatable bonds is 3. The second-order valence-electron chi connectivity index (χ2n) is 6.45. The van der Waals surface area contributed by atoms with Crippen molar-refractivity contribution in [2.45, 2.75) is 23.3 Å². The Hall–Kier alpha value is -3.05. The van der Waals surface area contributed by atoms with Crippen LogP contribution < -0.4 is 10.6 Å². The first-order chi connectivity index (χ1) is 13.6. The van der Waals surface area contributed by atoms with Crippen LogP contribution in [0.5, 0.6) is 0 Å². The summed E-state index contributed by atoms with van der Waals surface area (Å²) in [5, 5.41) is 6.35. The van der Waals surface area contributed by atoms with Gasteiger partial charge in [-0.05, 0) is 48.9 Å². The molecular formula is C23H19FN2OS. The molecule has 1 amide bonds. The standard InChI is InChI=1S/C23H19FN2OS/c1-2-19-18-5-3-4-6-21(18)28-22-12-9-16(13-20(22)26-19)23(27)25-14-15-7-10-17(24)11-8-15/h2-13,26H,14H2,1H3,(H,25,27). The number of allylic oxidation sites excluding steroid dienone is 1. The fourth-order valence-corrected chi connectivity index (χ4v) is 4.11. The Kier molecular flexibility index (Phi) is 5.17. The fourth-order valence-electron chi connectivity index (χ4n) is 3.08. The molecule has 0 atom stereocenters. The molecule has 3 nitrogen and oxygen atoms in total. The summed E-state index contributed by atoms with van der Waals surface area (Å²) in [4.78, 5) is 14.8. The fraction of sp³-hybridized carbons (Fsp3) is 0.0870. The monoisotopic (exact) mass is 390 g/mol. The second-order valence-corrected chi connectivity index (χ2v) is 7.53. The molecule has 0 radical (unpaired) electrons. The first kappa shape index (κ1) is 18.3. The van der Waals surface area contributed by atoms with Crippen molar-refractivity contribution < 1.29 is 9.18 Å². The number of benzene rings is 3. The van der Waals surface area contributed by atoms with E-state index < -0.39 is 0 Å². The van der Waals surface area contributed by atoms with Crippen LogP contribution in [0, 0.1) is 5.82 Å². The van der Waals surface area contributed by atoms with E-state index in [1.54, 1.807) is 23.9 Å². The third-order valence-corrected chi connectivity index (χ3v) is 5.72. The van der Waals surface area contributed by atoms with Crippen LogP contribution in [-0.4, -0.2) is 5.91 Å². The van der Waals surface area contributed by atoms with Crippen molar-refractivity contribution in [2.24, 2.45) is 0 Å². The molecule has 28 heavy (non-hydrogen) atoms. The highest BCUT2D eigenvalue weighted by Gasteiger charge is 2.18. The van der Waals surface area contributed by atoms with Gasteiger partial charge in [-0.25, -0.2) is 4.39 Å². The number of carbonyl (C=O) groups is 1. The molecule has 0 bridgehead atoms. The Morgan fingerprint density at radius 3 is 2.64 bits per heavy atom. The van der Waals surface area contributed by atoms with Gasteiger partial charge in [-0.2, -0.15) is 0 Å². The summed E-state index contributed by atoms with van der Waals surface area (Å²) in [7, 11) is 0. The van der Waals surface area contributed by atoms with Crippen molar-refractivity contribution in [1.29, 1.82) is 0 Å². The van der Waals surface area contributed by atoms with Crippen molar-refractivity contribution in [3.05, 3.63) is 95.3 Å². The topological polar surface area (TPSA) is 41.1 Å². The number of nitrogens with one attached hydrogen (secondary N) is 2. The van der Waals surface area contributed by atoms with E-state index >= 15 is 0 Å². The number of hydrogen-bond acceptors (Lipinski definition) is 3. The molecule has 1 aliphatic heterocycles. The van der Waals surface area contributed by atoms with Gasteiger partial charge in [0, 0.05) is 33.2 Å². The number of hydrogen-bond donors (Lipinski definition) is 2. The second kappa shape index (κ2) is 7.90. The minimum atomic E-state index is -0.287. The van der Waals surface area contributed by atoms with E-state index in [-0.39, 0.29) is 11.7 Å². The van der Waals surface area contributed by atoms with Gasteiger partial charge < -0.3 is 10.6 Å². The molecule has 0 aromatic heterocycles. The van der Waals surface area contributed by atoms with E-state index in [0.717, 1.165) is 27.4 Å². The highest BCUT2D eigenvalue weighted by Crippen LogP contribution is 2.42. The van der Waals surface area contributed by atoms with Gasteiger partial charge in [-0.15, -0.1) is 0 Å². The maximum absolute atomic E-state index is 13.0. The molecule has 1 aliphatic rings. The van der Waals surface area contributed by atoms with Crippen LogP contribution in [0.2, 0.25) is 0 Å². The van der Waals surface area contributed by atoms with Crippen molar-refractivity contribution in [3.63, 3.8) is 0 Å². The Labute approximate surface area is 167 Å². The highest BCUT2D eigenvalue weighted by molar-refractivity contribution is 7.99. The highest BCUT2D eigenvalue weighted by atomic mass is 32.2. The minimum Gasteiger partial charge on any atom is -0.354 e. The van der Waals surface area contributed by atoms with E-state index in [2.05, 4.69) is 22.8 Å². The van der Waals surface area contributed by atoms with E-state index in [4.69, 9.17) is 0 Å². The largest absolute Gasteiger partial charge is 0.354 e. The third kappa shape index (κ3) is 3.80. The molecule has 2 N–H and O–H groups in total. The average molecular weight is 390 g/mol. The maximum Gasteiger partial charge on any atom is 0.251 e. The number of fused-ring (bicyclic) bond motifs is 2. The third-order valence-electron chi connectivity index (χ3n) is 4.56. The van der Waals surface area contributed by atoms with Crippen molar-refractivity contribution in [3.8, 4) is 0 Å². The van der Waals surface area contributed by atoms with Crippen LogP contribution in [0.15, 0.2) is 82.6 Å². The van der Waals surface area contributed by atoms with Gasteiger partial charge >= 0.3 is 0 Å². The summed E-state index contributed by atoms with van der Waals surface area (Å²) >= 11 is 1.68. The molecule has 0 saturated heterocycles. The van der Waals surface area contributed by atoms with Crippen LogP contribution in [-0.2, 0) is 6.54 Å². The molecule has 0 saturated carbocycles. The summed E-state index contributed by atoms with van der Waals surface area (Å²) in [6.07, 6.45) is 2.04. The van der Waals surface area contributed by atoms with E-state index in [1.165, 1.54) is 17.0 Å². The Morgan fingerprint density at radius 2 is 1.86 bits per heavy atom. The van der Waals surface area contributed by atoms with Crippen molar-refractivity contribution in [2.75, 3.05) is 5.32 Å². The molecule has 5 heteroatoms. The van der Waals surface area contributed by atoms with Gasteiger partial charge in [0.2, 0.25) is 0 Å². The lowest BCUT2D eigenvalue weighted by atomic mass is 10.1. The van der Waals surface area contributed by atoms with Gasteiger partial charge in [0.15, 0.2) is 0 Å². The zero-order valence-corrected chi connectivity index (χ0v) is 16.1. The van der Waals surface area contributed by atoms with Crippen LogP contribution in [0.25, 0.3) is 5.70 Å². The van der Waals surface area contributed by atoms with Gasteiger partial charge in [0.1, 0.15) is 5.82 Å². The number of amides is 1. The maximum atomic E-state index is 13.0. The van der Waals surface area contributed by atoms with Crippen LogP contribution in [0.4, 0.5) is 10.1 Å². The summed E-state index contributed by atoms with van der Waals surface area (Å²) in [6, 6.07) is 20.0. The first-order valence-electron chi connectivity index (χ1n) is 9.01. The summed E-state index contributed by atoms with van der Waals surface area (Å²) in [5.41, 5.74) is 4.50. The van der Waals surface area contributed by atoms with Crippen LogP contribution >= 0.6 is 11.8 Å². The Bertz CT molecular complexity index is 1060. The molecule has 0 spiro atoms. The summed E-state index contributed by atoms with van der Waals surface area (Å²) in [6.45, 7) is 2.35. The molecule has 140 valence electrons. The van der Waals surface area contributed by atoms with Gasteiger partial charge in [0.25, 0.3) is 5.91 Å². The number of anilines is 1. The lowest BCUT2D eigenvalue weighted by Crippen LogP contribution is -2.22. The van der Waals surface area contributed by atoms with E-state index in [1.807, 2.05) is 43.3 Å². The SMILES string of the molecule is CC=C1Nc2cc(C(=O)NCc3ccc(F)cc3)ccc2Sc2ccccc21. The average Bonchev–Trinajstić information content (AvgIpc) is 2.88. The molecule has 0 fully saturated rings. The van der Waals surface area contributed by atoms with Crippen LogP contribution in [0.1, 0.15) is 28.4 Å². The van der Waals surface area contributed by atoms with Gasteiger partial charge in [-0.1, -0.05) is 48.2 Å². The normalized spacial score (nSPS) is 13.9. The van der Waals surface area contributed by atoms with E-state index in [0.29, 0.717) is 12.1 Å². The zero-order chi connectivity index (χ0) is 19.5. The lowest BCUT2D eigenvalue weighted by molar-refractivity contribution is 0.0951. The number of carbonyl (C=O) groups excluding carboxylic acids is 1. The Balaban J connectivity index is 1.55. The Morgan fingerprint density at radius 1 is 1.07 bits per heavy atom. The quantitative estimate of drug-likeness (QED) is 0.603. The molecule has 3 aromatic rings. The summed E-state index contributed by atoms with van der Waals surface area (Å²) < 4.78 is 13.0. The predicted octanol–water partition coefficient (Wildman–Crippen LogP) is 5.69. The zero-order valence-electron chi connectivity index (χ0n) is 15.3. The van der Waals surface area contributed by atoms with Crippen LogP contribution in [0.3, 0.4) is 0 Å². The molecule has 1 heterocycles. The van der Waals surface area contributed by atoms with Crippen molar-refractivity contribution >= 4 is 29.1 Å². The van der Waals surface area contributed by atoms with Gasteiger partial charge in [0.05, 0.1) is 5.69 Å². The predicted molar refractivity (Wildman–Crippen MR) is 112 cm³/mol. The smallest absolute Gasteiger partial charge is 0.251 e. The first-order valence-corrected chi connectivity index (χ1v) is 9.83. The van der Waals surface area contributed by atoms with Gasteiger partial charge in [-0.3, -0.25) is 4.79 Å². The number of halogens is 1. The molecule has 0 aliphatic carbocycles. The van der Waals surface area contributed by atoms with E-state index in [9.17, 15) is 9.18 Å².